The van der Waals surface area contributed by atoms with Crippen molar-refractivity contribution in [2.24, 2.45) is 5.92 Å². The highest BCUT2D eigenvalue weighted by Gasteiger charge is 2.40. The summed E-state index contributed by atoms with van der Waals surface area (Å²) in [7, 11) is -0.575. The average molecular weight is 317 g/mol. The van der Waals surface area contributed by atoms with E-state index in [1.54, 1.807) is 6.08 Å². The molecule has 5 heteroatoms. The fourth-order valence-electron chi connectivity index (χ4n) is 1.66. The summed E-state index contributed by atoms with van der Waals surface area (Å²) < 4.78 is 16.7. The molecule has 0 aromatic rings. The Morgan fingerprint density at radius 1 is 1.29 bits per heavy atom. The van der Waals surface area contributed by atoms with E-state index in [4.69, 9.17) is 9.16 Å². The lowest BCUT2D eigenvalue weighted by Crippen LogP contribution is -2.48. The van der Waals surface area contributed by atoms with Crippen LogP contribution >= 0.6 is 0 Å². The van der Waals surface area contributed by atoms with E-state index in [1.807, 2.05) is 13.8 Å². The van der Waals surface area contributed by atoms with Crippen LogP contribution in [-0.4, -0.2) is 40.2 Å². The van der Waals surface area contributed by atoms with Gasteiger partial charge in [0, 0.05) is 0 Å². The smallest absolute Gasteiger partial charge is 0.331 e. The van der Waals surface area contributed by atoms with Crippen LogP contribution in [0.25, 0.3) is 0 Å². The van der Waals surface area contributed by atoms with Crippen molar-refractivity contribution in [2.45, 2.75) is 65.0 Å². The van der Waals surface area contributed by atoms with E-state index in [2.05, 4.69) is 45.2 Å². The van der Waals surface area contributed by atoms with Gasteiger partial charge in [0.05, 0.1) is 19.3 Å². The second kappa shape index (κ2) is 8.10. The van der Waals surface area contributed by atoms with Crippen LogP contribution in [0.1, 0.15) is 34.6 Å². The first kappa shape index (κ1) is 20.3. The molecule has 0 radical (unpaired) electrons. The summed E-state index contributed by atoms with van der Waals surface area (Å²) in [4.78, 5) is 11.3. The van der Waals surface area contributed by atoms with E-state index in [9.17, 15) is 4.79 Å². The SMILES string of the molecule is C=C[C@H](O[Si](C)(C)C(C)(C)C)[C@@H](OCC(=O)OC)C(C)C. The molecule has 0 saturated carbocycles. The Morgan fingerprint density at radius 2 is 1.81 bits per heavy atom. The molecule has 0 fully saturated rings. The van der Waals surface area contributed by atoms with Gasteiger partial charge in [-0.15, -0.1) is 6.58 Å². The Labute approximate surface area is 131 Å². The van der Waals surface area contributed by atoms with E-state index in [0.717, 1.165) is 0 Å². The lowest BCUT2D eigenvalue weighted by Gasteiger charge is -2.41. The van der Waals surface area contributed by atoms with Gasteiger partial charge in [-0.1, -0.05) is 40.7 Å². The van der Waals surface area contributed by atoms with Crippen LogP contribution in [0, 0.1) is 5.92 Å². The van der Waals surface area contributed by atoms with Gasteiger partial charge >= 0.3 is 5.97 Å². The van der Waals surface area contributed by atoms with Gasteiger partial charge in [0.1, 0.15) is 6.61 Å². The number of methoxy groups -OCH3 is 1. The molecule has 0 rings (SSSR count). The molecule has 0 saturated heterocycles. The molecule has 4 nitrogen and oxygen atoms in total. The zero-order valence-electron chi connectivity index (χ0n) is 14.9. The number of hydrogen-bond acceptors (Lipinski definition) is 4. The fraction of sp³-hybridized carbons (Fsp3) is 0.812. The molecule has 0 aromatic carbocycles. The van der Waals surface area contributed by atoms with Gasteiger partial charge in [-0.25, -0.2) is 4.79 Å². The number of hydrogen-bond donors (Lipinski definition) is 0. The molecule has 0 bridgehead atoms. The Balaban J connectivity index is 5.00. The Hall–Kier alpha value is -0.653. The van der Waals surface area contributed by atoms with Gasteiger partial charge in [0.25, 0.3) is 0 Å². The lowest BCUT2D eigenvalue weighted by molar-refractivity contribution is -0.151. The predicted molar refractivity (Wildman–Crippen MR) is 88.9 cm³/mol. The molecule has 21 heavy (non-hydrogen) atoms. The third-order valence-corrected chi connectivity index (χ3v) is 8.55. The van der Waals surface area contributed by atoms with Crippen LogP contribution in [0.15, 0.2) is 12.7 Å². The van der Waals surface area contributed by atoms with E-state index in [-0.39, 0.29) is 35.7 Å². The summed E-state index contributed by atoms with van der Waals surface area (Å²) in [5.41, 5.74) is 0. The summed E-state index contributed by atoms with van der Waals surface area (Å²) in [6.45, 7) is 18.9. The molecule has 0 aliphatic carbocycles. The molecule has 0 aromatic heterocycles. The minimum Gasteiger partial charge on any atom is -0.467 e. The molecular formula is C16H32O4Si. The van der Waals surface area contributed by atoms with Crippen molar-refractivity contribution < 1.29 is 18.7 Å². The number of esters is 1. The average Bonchev–Trinajstić information content (AvgIpc) is 2.35. The highest BCUT2D eigenvalue weighted by atomic mass is 28.4. The number of rotatable bonds is 8. The maximum atomic E-state index is 11.3. The van der Waals surface area contributed by atoms with Crippen molar-refractivity contribution in [2.75, 3.05) is 13.7 Å². The maximum absolute atomic E-state index is 11.3. The van der Waals surface area contributed by atoms with Crippen LogP contribution in [0.3, 0.4) is 0 Å². The summed E-state index contributed by atoms with van der Waals surface area (Å²) in [6, 6.07) is 0. The Bertz CT molecular complexity index is 345. The van der Waals surface area contributed by atoms with E-state index in [1.165, 1.54) is 7.11 Å². The molecule has 0 N–H and O–H groups in total. The highest BCUT2D eigenvalue weighted by molar-refractivity contribution is 6.74. The minimum absolute atomic E-state index is 0.0649. The van der Waals surface area contributed by atoms with Crippen LogP contribution in [0.4, 0.5) is 0 Å². The molecule has 0 aliphatic heterocycles. The summed E-state index contributed by atoms with van der Waals surface area (Å²) >= 11 is 0. The van der Waals surface area contributed by atoms with E-state index < -0.39 is 8.32 Å². The standard InChI is InChI=1S/C16H32O4Si/c1-10-13(20-21(8,9)16(4,5)6)15(12(2)3)19-11-14(17)18-7/h10,12-13,15H,1,11H2,2-9H3/t13-,15-/m0/s1. The van der Waals surface area contributed by atoms with Crippen LogP contribution in [0.2, 0.25) is 18.1 Å². The summed E-state index contributed by atoms with van der Waals surface area (Å²) in [5.74, 6) is -0.168. The normalized spacial score (nSPS) is 15.7. The summed E-state index contributed by atoms with van der Waals surface area (Å²) in [6.07, 6.45) is 1.34. The van der Waals surface area contributed by atoms with E-state index >= 15 is 0 Å². The van der Waals surface area contributed by atoms with Crippen LogP contribution < -0.4 is 0 Å². The molecule has 0 amide bonds. The fourth-order valence-corrected chi connectivity index (χ4v) is 2.92. The molecular weight excluding hydrogens is 284 g/mol. The lowest BCUT2D eigenvalue weighted by atomic mass is 10.0. The number of carbonyl (C=O) groups is 1. The van der Waals surface area contributed by atoms with Gasteiger partial charge in [-0.05, 0) is 24.1 Å². The second-order valence-corrected chi connectivity index (χ2v) is 11.9. The minimum atomic E-state index is -1.93. The molecule has 124 valence electrons. The van der Waals surface area contributed by atoms with Crippen molar-refractivity contribution in [1.82, 2.24) is 0 Å². The van der Waals surface area contributed by atoms with Gasteiger partial charge in [-0.2, -0.15) is 0 Å². The third-order valence-electron chi connectivity index (χ3n) is 4.07. The Kier molecular flexibility index (Phi) is 7.85. The molecule has 0 spiro atoms. The zero-order valence-corrected chi connectivity index (χ0v) is 15.9. The molecule has 0 heterocycles. The topological polar surface area (TPSA) is 44.8 Å². The van der Waals surface area contributed by atoms with Crippen molar-refractivity contribution >= 4 is 14.3 Å². The highest BCUT2D eigenvalue weighted by Crippen LogP contribution is 2.38. The second-order valence-electron chi connectivity index (χ2n) is 7.17. The van der Waals surface area contributed by atoms with Gasteiger partial charge in [-0.3, -0.25) is 0 Å². The monoisotopic (exact) mass is 316 g/mol. The number of carbonyl (C=O) groups excluding carboxylic acids is 1. The van der Waals surface area contributed by atoms with Gasteiger partial charge in [0.15, 0.2) is 8.32 Å². The van der Waals surface area contributed by atoms with Gasteiger partial charge in [0.2, 0.25) is 0 Å². The maximum Gasteiger partial charge on any atom is 0.331 e. The molecule has 2 atom stereocenters. The third kappa shape index (κ3) is 6.32. The predicted octanol–water partition coefficient (Wildman–Crippen LogP) is 3.78. The van der Waals surface area contributed by atoms with E-state index in [0.29, 0.717) is 0 Å². The van der Waals surface area contributed by atoms with Crippen molar-refractivity contribution in [3.63, 3.8) is 0 Å². The Morgan fingerprint density at radius 3 is 2.14 bits per heavy atom. The van der Waals surface area contributed by atoms with Crippen molar-refractivity contribution in [3.05, 3.63) is 12.7 Å². The van der Waals surface area contributed by atoms with Gasteiger partial charge < -0.3 is 13.9 Å². The molecule has 0 aliphatic rings. The molecule has 0 unspecified atom stereocenters. The van der Waals surface area contributed by atoms with Crippen LogP contribution in [0.5, 0.6) is 0 Å². The first-order valence-electron chi connectivity index (χ1n) is 7.45. The number of ether oxygens (including phenoxy) is 2. The van der Waals surface area contributed by atoms with Crippen LogP contribution in [-0.2, 0) is 18.7 Å². The largest absolute Gasteiger partial charge is 0.467 e. The summed E-state index contributed by atoms with van der Waals surface area (Å²) in [5, 5.41) is 0.109. The zero-order chi connectivity index (χ0) is 16.8. The first-order valence-corrected chi connectivity index (χ1v) is 10.4. The van der Waals surface area contributed by atoms with Crippen molar-refractivity contribution in [3.8, 4) is 0 Å². The quantitative estimate of drug-likeness (QED) is 0.388. The first-order chi connectivity index (χ1) is 9.46. The van der Waals surface area contributed by atoms with Crippen molar-refractivity contribution in [1.29, 1.82) is 0 Å².